The highest BCUT2D eigenvalue weighted by atomic mass is 32.2. The molecule has 0 radical (unpaired) electrons. The van der Waals surface area contributed by atoms with Gasteiger partial charge in [-0.25, -0.2) is 0 Å². The first kappa shape index (κ1) is 78.7. The topological polar surface area (TPSA) is 236 Å². The van der Waals surface area contributed by atoms with Gasteiger partial charge in [0.15, 0.2) is 42.0 Å². The molecule has 5 aromatic carbocycles. The minimum Gasteiger partial charge on any atom is -0.463 e. The molecule has 0 aliphatic carbocycles. The molecule has 0 aromatic heterocycles. The number of fused-ring (bicyclic) bond motifs is 4. The van der Waals surface area contributed by atoms with E-state index in [0.717, 1.165) is 25.6 Å². The van der Waals surface area contributed by atoms with E-state index in [-0.39, 0.29) is 26.4 Å². The van der Waals surface area contributed by atoms with Gasteiger partial charge in [-0.2, -0.15) is 0 Å². The number of benzene rings is 5. The smallest absolute Gasteiger partial charge is 0.302 e. The summed E-state index contributed by atoms with van der Waals surface area (Å²) in [6.45, 7) is 30.8. The fraction of sp³-hybridized carbons (Fsp3) is 0.588. The van der Waals surface area contributed by atoms with Gasteiger partial charge in [0.05, 0.1) is 6.61 Å². The first-order valence-corrected chi connectivity index (χ1v) is 41.5. The van der Waals surface area contributed by atoms with Crippen LogP contribution in [0, 0.1) is 0 Å². The van der Waals surface area contributed by atoms with Crippen LogP contribution in [0.1, 0.15) is 118 Å². The lowest BCUT2D eigenvalue weighted by Crippen LogP contribution is -2.72. The number of esters is 3. The van der Waals surface area contributed by atoms with E-state index in [0.29, 0.717) is 0 Å². The third-order valence-electron chi connectivity index (χ3n) is 20.5. The maximum atomic E-state index is 12.8. The van der Waals surface area contributed by atoms with Gasteiger partial charge in [-0.3, -0.25) is 14.4 Å². The van der Waals surface area contributed by atoms with Gasteiger partial charge >= 0.3 is 17.9 Å². The van der Waals surface area contributed by atoms with E-state index >= 15 is 0 Å². The summed E-state index contributed by atoms with van der Waals surface area (Å²) in [4.78, 5) is 39.2. The molecule has 8 heterocycles. The Morgan fingerprint density at radius 1 is 0.358 bits per heavy atom. The quantitative estimate of drug-likeness (QED) is 0.0337. The van der Waals surface area contributed by atoms with Gasteiger partial charge in [0.1, 0.15) is 123 Å². The average molecular weight is 1520 g/mol. The summed E-state index contributed by atoms with van der Waals surface area (Å²) in [6, 6.07) is 50.8. The summed E-state index contributed by atoms with van der Waals surface area (Å²) in [6.07, 6.45) is -19.3. The lowest BCUT2D eigenvalue weighted by molar-refractivity contribution is -0.355. The largest absolute Gasteiger partial charge is 0.463 e. The number of hydrogen-bond acceptors (Lipinski definition) is 24. The molecule has 8 aliphatic rings. The Morgan fingerprint density at radius 2 is 0.632 bits per heavy atom. The van der Waals surface area contributed by atoms with Crippen molar-refractivity contribution in [3.05, 3.63) is 152 Å². The fourth-order valence-electron chi connectivity index (χ4n) is 16.4. The Kier molecular flexibility index (Phi) is 23.1. The minimum atomic E-state index is -3.54. The van der Waals surface area contributed by atoms with Crippen LogP contribution in [-0.4, -0.2) is 206 Å². The summed E-state index contributed by atoms with van der Waals surface area (Å²) in [5.74, 6) is -6.38. The lowest BCUT2D eigenvalue weighted by Gasteiger charge is -2.51. The number of hydrogen-bond donors (Lipinski definition) is 0. The average Bonchev–Trinajstić information content (AvgIpc) is 1.29. The molecule has 23 nitrogen and oxygen atoms in total. The third kappa shape index (κ3) is 16.5. The second-order valence-electron chi connectivity index (χ2n) is 32.3. The fourth-order valence-corrected chi connectivity index (χ4v) is 26.9. The zero-order chi connectivity index (χ0) is 75.5. The highest BCUT2D eigenvalue weighted by molar-refractivity contribution is 7.99. The van der Waals surface area contributed by atoms with E-state index in [1.807, 2.05) is 145 Å². The molecule has 0 spiro atoms. The molecule has 0 N–H and O–H groups in total. The highest BCUT2D eigenvalue weighted by Gasteiger charge is 2.67. The van der Waals surface area contributed by atoms with Gasteiger partial charge in [0, 0.05) is 25.7 Å². The Balaban J connectivity index is 0.894. The molecule has 0 amide bonds. The maximum absolute atomic E-state index is 12.8. The lowest BCUT2D eigenvalue weighted by atomic mass is 9.97. The molecule has 8 saturated heterocycles. The number of carbonyl (C=O) groups is 3. The molecular formula is C80H104O23SSi2. The number of thioether (sulfide) groups is 1. The standard InChI is InChI=1S/C80H104O23SSi2/c1-47(81)84-43-55-59-63(98-77(10,11)94-59)67(92-72-68(64-60(95-78(12,13)99-64)56(89-72)44-85-48(2)82)102-105(75(4,5)6,51-35-25-19-26-36-51)52-37-27-20-28-38-52)71(88-55)87-46-58-62-66(101-80(16,17)97-62)70(74(91-58)104-50-33-23-18-24-34-50)93-73-69(65-61(96-79(14,15)100-65)57(90-73)45-86-49(3)83)103-106(76(7,8)9,53-39-29-21-30-40-53)54-41-31-22-32-42-54/h18-42,55-74H,43-46H2,1-17H3/t55-,56-,57-,58-,59+,60+,61+,62+,63+,64+,65+,66+,67-,68-,69-,70-,71+,72-,73-,74+/m1/s1. The third-order valence-corrected chi connectivity index (χ3v) is 31.8. The van der Waals surface area contributed by atoms with Crippen molar-refractivity contribution in [2.75, 3.05) is 26.4 Å². The Labute approximate surface area is 628 Å². The molecule has 106 heavy (non-hydrogen) atoms. The zero-order valence-electron chi connectivity index (χ0n) is 63.6. The van der Waals surface area contributed by atoms with E-state index in [1.165, 1.54) is 32.5 Å². The van der Waals surface area contributed by atoms with Gasteiger partial charge < -0.3 is 94.1 Å². The van der Waals surface area contributed by atoms with Crippen molar-refractivity contribution >= 4 is 67.1 Å². The first-order chi connectivity index (χ1) is 50.1. The summed E-state index contributed by atoms with van der Waals surface area (Å²) in [7, 11) is -7.04. The van der Waals surface area contributed by atoms with Gasteiger partial charge in [0.2, 0.25) is 0 Å². The molecule has 0 unspecified atom stereocenters. The maximum Gasteiger partial charge on any atom is 0.302 e. The van der Waals surface area contributed by atoms with Crippen LogP contribution in [0.25, 0.3) is 0 Å². The van der Waals surface area contributed by atoms with Crippen LogP contribution < -0.4 is 20.7 Å². The first-order valence-electron chi connectivity index (χ1n) is 36.8. The predicted octanol–water partition coefficient (Wildman–Crippen LogP) is 9.13. The van der Waals surface area contributed by atoms with Crippen molar-refractivity contribution in [3.63, 3.8) is 0 Å². The summed E-state index contributed by atoms with van der Waals surface area (Å²) in [5.41, 5.74) is -0.920. The van der Waals surface area contributed by atoms with Crippen LogP contribution in [0.2, 0.25) is 10.1 Å². The van der Waals surface area contributed by atoms with Gasteiger partial charge in [-0.05, 0) is 98.3 Å². The van der Waals surface area contributed by atoms with E-state index in [4.69, 9.17) is 94.1 Å². The Hall–Kier alpha value is -5.39. The van der Waals surface area contributed by atoms with Crippen LogP contribution in [0.4, 0.5) is 0 Å². The number of ether oxygens (including phenoxy) is 18. The Bertz CT molecular complexity index is 3710. The van der Waals surface area contributed by atoms with E-state index < -0.39 is 190 Å². The molecule has 8 fully saturated rings. The molecule has 0 saturated carbocycles. The monoisotopic (exact) mass is 1520 g/mol. The number of rotatable bonds is 23. The van der Waals surface area contributed by atoms with Crippen LogP contribution in [0.3, 0.4) is 0 Å². The van der Waals surface area contributed by atoms with Crippen LogP contribution in [0.5, 0.6) is 0 Å². The number of carbonyl (C=O) groups excluding carboxylic acids is 3. The van der Waals surface area contributed by atoms with Crippen LogP contribution in [0.15, 0.2) is 157 Å². The minimum absolute atomic E-state index is 0.188. The van der Waals surface area contributed by atoms with Crippen molar-refractivity contribution in [3.8, 4) is 0 Å². The van der Waals surface area contributed by atoms with E-state index in [9.17, 15) is 14.4 Å². The SMILES string of the molecule is CC(=O)OC[C@H]1O[C@H](OC[C@H]2O[C@@H](Sc3ccccc3)[C@H](O[C@H]3O[C@H](COC(C)=O)[C@@H]4OC(C)(C)O[C@@H]4[C@H]3O[Si](c3ccccc3)(c3ccccc3)C(C)(C)C)[C@H]3OC(C)(C)O[C@H]32)[C@H](O[C@H]2O[C@H](COC(C)=O)[C@@H]3OC(C)(C)O[C@@H]3[C@H]2O[Si](c2ccccc2)(c2ccccc2)C(C)(C)C)[C@H]2OC(C)(C)O[C@H]21. The molecule has 13 rings (SSSR count). The second-order valence-corrected chi connectivity index (χ2v) is 42.0. The molecule has 5 aromatic rings. The summed E-state index contributed by atoms with van der Waals surface area (Å²) < 4.78 is 140. The van der Waals surface area contributed by atoms with Crippen molar-refractivity contribution in [2.45, 2.75) is 278 Å². The van der Waals surface area contributed by atoms with Gasteiger partial charge in [-0.1, -0.05) is 193 Å². The van der Waals surface area contributed by atoms with Crippen LogP contribution in [-0.2, 0) is 108 Å². The molecule has 576 valence electrons. The summed E-state index contributed by atoms with van der Waals surface area (Å²) in [5, 5.41) is 2.88. The summed E-state index contributed by atoms with van der Waals surface area (Å²) >= 11 is 1.41. The van der Waals surface area contributed by atoms with Crippen molar-refractivity contribution in [1.82, 2.24) is 0 Å². The molecular weight excluding hydrogens is 1420 g/mol. The van der Waals surface area contributed by atoms with E-state index in [2.05, 4.69) is 90.1 Å². The zero-order valence-corrected chi connectivity index (χ0v) is 66.4. The van der Waals surface area contributed by atoms with Gasteiger partial charge in [-0.15, -0.1) is 0 Å². The molecule has 0 bridgehead atoms. The molecule has 26 heteroatoms. The van der Waals surface area contributed by atoms with Crippen LogP contribution >= 0.6 is 11.8 Å². The van der Waals surface area contributed by atoms with E-state index in [1.54, 1.807) is 13.8 Å². The second kappa shape index (κ2) is 31.1. The highest BCUT2D eigenvalue weighted by Crippen LogP contribution is 2.51. The van der Waals surface area contributed by atoms with Gasteiger partial charge in [0.25, 0.3) is 16.6 Å². The Morgan fingerprint density at radius 3 is 0.953 bits per heavy atom. The molecule has 8 aliphatic heterocycles. The van der Waals surface area contributed by atoms with Crippen molar-refractivity contribution in [1.29, 1.82) is 0 Å². The normalized spacial score (nSPS) is 33.7. The molecule has 20 atom stereocenters. The van der Waals surface area contributed by atoms with Crippen molar-refractivity contribution in [2.24, 2.45) is 0 Å². The van der Waals surface area contributed by atoms with Crippen molar-refractivity contribution < 1.29 is 108 Å². The predicted molar refractivity (Wildman–Crippen MR) is 393 cm³/mol.